The Kier molecular flexibility index (Phi) is 5.55. The van der Waals surface area contributed by atoms with Crippen molar-refractivity contribution >= 4 is 29.2 Å². The van der Waals surface area contributed by atoms with Crippen LogP contribution in [0.4, 0.5) is 24.5 Å². The minimum absolute atomic E-state index is 0.0754. The van der Waals surface area contributed by atoms with E-state index in [4.69, 9.17) is 11.6 Å². The monoisotopic (exact) mass is 423 g/mol. The van der Waals surface area contributed by atoms with Gasteiger partial charge in [0.05, 0.1) is 39.3 Å². The van der Waals surface area contributed by atoms with E-state index in [2.05, 4.69) is 15.6 Å². The first-order chi connectivity index (χ1) is 13.7. The minimum Gasteiger partial charge on any atom is -0.278 e. The molecule has 0 spiro atoms. The van der Waals surface area contributed by atoms with E-state index in [1.807, 2.05) is 0 Å². The van der Waals surface area contributed by atoms with Crippen molar-refractivity contribution in [1.82, 2.24) is 9.78 Å². The summed E-state index contributed by atoms with van der Waals surface area (Å²) in [4.78, 5) is 10.3. The molecule has 1 N–H and O–H groups in total. The number of nitrogens with zero attached hydrogens (tertiary/aromatic N) is 4. The molecule has 0 atom stereocenters. The fraction of sp³-hybridized carbons (Fsp3) is 0.111. The highest BCUT2D eigenvalue weighted by atomic mass is 35.5. The lowest BCUT2D eigenvalue weighted by molar-refractivity contribution is -0.384. The van der Waals surface area contributed by atoms with Crippen LogP contribution in [0.2, 0.25) is 5.15 Å². The first kappa shape index (κ1) is 20.3. The second kappa shape index (κ2) is 7.92. The second-order valence-electron chi connectivity index (χ2n) is 5.93. The van der Waals surface area contributed by atoms with Crippen LogP contribution in [-0.4, -0.2) is 20.9 Å². The number of nitrogens with one attached hydrogen (secondary N) is 1. The summed E-state index contributed by atoms with van der Waals surface area (Å²) in [7, 11) is 0. The first-order valence-electron chi connectivity index (χ1n) is 8.13. The van der Waals surface area contributed by atoms with Gasteiger partial charge in [0.1, 0.15) is 5.15 Å². The summed E-state index contributed by atoms with van der Waals surface area (Å²) in [6.07, 6.45) is -3.15. The van der Waals surface area contributed by atoms with Gasteiger partial charge < -0.3 is 0 Å². The number of nitro groups is 1. The van der Waals surface area contributed by atoms with Crippen LogP contribution >= 0.6 is 11.6 Å². The van der Waals surface area contributed by atoms with Crippen molar-refractivity contribution in [2.24, 2.45) is 5.10 Å². The van der Waals surface area contributed by atoms with E-state index in [-0.39, 0.29) is 16.5 Å². The summed E-state index contributed by atoms with van der Waals surface area (Å²) in [6, 6.07) is 10.4. The highest BCUT2D eigenvalue weighted by Gasteiger charge is 2.30. The van der Waals surface area contributed by atoms with Gasteiger partial charge in [0, 0.05) is 12.1 Å². The van der Waals surface area contributed by atoms with Gasteiger partial charge in [0.15, 0.2) is 0 Å². The van der Waals surface area contributed by atoms with Gasteiger partial charge in [-0.05, 0) is 31.2 Å². The summed E-state index contributed by atoms with van der Waals surface area (Å²) >= 11 is 6.29. The number of benzene rings is 2. The highest BCUT2D eigenvalue weighted by molar-refractivity contribution is 6.32. The lowest BCUT2D eigenvalue weighted by Crippen LogP contribution is -2.06. The maximum Gasteiger partial charge on any atom is 0.416 e. The zero-order valence-corrected chi connectivity index (χ0v) is 15.6. The van der Waals surface area contributed by atoms with Crippen LogP contribution in [0.3, 0.4) is 0 Å². The molecule has 29 heavy (non-hydrogen) atoms. The van der Waals surface area contributed by atoms with Crippen LogP contribution in [-0.2, 0) is 6.18 Å². The Morgan fingerprint density at radius 1 is 1.24 bits per heavy atom. The number of nitro benzene ring substituents is 1. The zero-order chi connectivity index (χ0) is 21.2. The van der Waals surface area contributed by atoms with E-state index >= 15 is 0 Å². The van der Waals surface area contributed by atoms with Crippen LogP contribution in [0.25, 0.3) is 5.69 Å². The van der Waals surface area contributed by atoms with Gasteiger partial charge in [-0.1, -0.05) is 23.7 Å². The predicted molar refractivity (Wildman–Crippen MR) is 103 cm³/mol. The third kappa shape index (κ3) is 4.54. The van der Waals surface area contributed by atoms with E-state index in [1.165, 1.54) is 41.2 Å². The van der Waals surface area contributed by atoms with Gasteiger partial charge in [0.2, 0.25) is 0 Å². The number of alkyl halides is 3. The SMILES string of the molecule is Cc1nn(-c2cccc(C(F)(F)F)c2)c(Cl)c1C=NNc1cccc([N+](=O)[O-])c1. The Morgan fingerprint density at radius 2 is 1.97 bits per heavy atom. The largest absolute Gasteiger partial charge is 0.416 e. The Hall–Kier alpha value is -3.40. The molecule has 0 aliphatic heterocycles. The van der Waals surface area contributed by atoms with Crippen LogP contribution < -0.4 is 5.43 Å². The topological polar surface area (TPSA) is 85.3 Å². The number of hydrogen-bond donors (Lipinski definition) is 1. The standard InChI is InChI=1S/C18H13ClF3N5O2/c1-11-16(10-23-24-13-5-3-7-15(9-13)27(28)29)17(19)26(25-11)14-6-2-4-12(8-14)18(20,21)22/h2-10,24H,1H3. The smallest absolute Gasteiger partial charge is 0.278 e. The Balaban J connectivity index is 1.86. The molecule has 150 valence electrons. The molecule has 0 bridgehead atoms. The molecule has 0 saturated carbocycles. The molecule has 3 aromatic rings. The number of aryl methyl sites for hydroxylation is 1. The number of hydrazone groups is 1. The molecule has 7 nitrogen and oxygen atoms in total. The molecular formula is C18H13ClF3N5O2. The van der Waals surface area contributed by atoms with Crippen molar-refractivity contribution in [3.63, 3.8) is 0 Å². The lowest BCUT2D eigenvalue weighted by atomic mass is 10.2. The Labute approximate surface area is 167 Å². The van der Waals surface area contributed by atoms with Crippen molar-refractivity contribution in [2.75, 3.05) is 5.43 Å². The quantitative estimate of drug-likeness (QED) is 0.347. The first-order valence-corrected chi connectivity index (χ1v) is 8.51. The normalized spacial score (nSPS) is 11.8. The molecule has 3 rings (SSSR count). The van der Waals surface area contributed by atoms with Crippen LogP contribution in [0.15, 0.2) is 53.6 Å². The molecule has 0 aliphatic rings. The van der Waals surface area contributed by atoms with Crippen LogP contribution in [0.5, 0.6) is 0 Å². The third-order valence-electron chi connectivity index (χ3n) is 3.91. The zero-order valence-electron chi connectivity index (χ0n) is 14.8. The fourth-order valence-corrected chi connectivity index (χ4v) is 2.82. The minimum atomic E-state index is -4.49. The summed E-state index contributed by atoms with van der Waals surface area (Å²) in [5.74, 6) is 0. The molecule has 0 saturated heterocycles. The fourth-order valence-electron chi connectivity index (χ4n) is 2.50. The average Bonchev–Trinajstić information content (AvgIpc) is 2.96. The summed E-state index contributed by atoms with van der Waals surface area (Å²) < 4.78 is 40.0. The third-order valence-corrected chi connectivity index (χ3v) is 4.27. The molecule has 0 aliphatic carbocycles. The van der Waals surface area contributed by atoms with Crippen LogP contribution in [0, 0.1) is 17.0 Å². The highest BCUT2D eigenvalue weighted by Crippen LogP contribution is 2.31. The molecule has 1 heterocycles. The number of non-ortho nitro benzene ring substituents is 1. The van der Waals surface area contributed by atoms with E-state index in [9.17, 15) is 23.3 Å². The van der Waals surface area contributed by atoms with Crippen molar-refractivity contribution in [1.29, 1.82) is 0 Å². The summed E-state index contributed by atoms with van der Waals surface area (Å²) in [5, 5.41) is 19.0. The lowest BCUT2D eigenvalue weighted by Gasteiger charge is -2.09. The van der Waals surface area contributed by atoms with Crippen molar-refractivity contribution in [3.8, 4) is 5.69 Å². The number of anilines is 1. The maximum absolute atomic E-state index is 12.9. The molecule has 0 unspecified atom stereocenters. The van der Waals surface area contributed by atoms with E-state index < -0.39 is 16.7 Å². The summed E-state index contributed by atoms with van der Waals surface area (Å²) in [5.41, 5.74) is 3.09. The Bertz CT molecular complexity index is 1100. The predicted octanol–water partition coefficient (Wildman–Crippen LogP) is 5.21. The molecule has 1 aromatic heterocycles. The van der Waals surface area contributed by atoms with Crippen LogP contribution in [0.1, 0.15) is 16.8 Å². The second-order valence-corrected chi connectivity index (χ2v) is 6.29. The van der Waals surface area contributed by atoms with Crippen molar-refractivity contribution < 1.29 is 18.1 Å². The van der Waals surface area contributed by atoms with E-state index in [0.29, 0.717) is 16.9 Å². The van der Waals surface area contributed by atoms with Gasteiger partial charge in [0.25, 0.3) is 5.69 Å². The molecule has 0 radical (unpaired) electrons. The number of halogens is 4. The molecule has 11 heteroatoms. The van der Waals surface area contributed by atoms with Gasteiger partial charge >= 0.3 is 6.18 Å². The van der Waals surface area contributed by atoms with E-state index in [0.717, 1.165) is 12.1 Å². The van der Waals surface area contributed by atoms with Gasteiger partial charge in [-0.25, -0.2) is 4.68 Å². The van der Waals surface area contributed by atoms with Crippen molar-refractivity contribution in [3.05, 3.63) is 80.6 Å². The van der Waals surface area contributed by atoms with Gasteiger partial charge in [-0.2, -0.15) is 23.4 Å². The van der Waals surface area contributed by atoms with E-state index in [1.54, 1.807) is 13.0 Å². The number of aromatic nitrogens is 2. The molecular weight excluding hydrogens is 411 g/mol. The van der Waals surface area contributed by atoms with Crippen molar-refractivity contribution in [2.45, 2.75) is 13.1 Å². The van der Waals surface area contributed by atoms with Gasteiger partial charge in [-0.3, -0.25) is 15.5 Å². The molecule has 0 fully saturated rings. The Morgan fingerprint density at radius 3 is 2.66 bits per heavy atom. The average molecular weight is 424 g/mol. The number of hydrogen-bond acceptors (Lipinski definition) is 5. The maximum atomic E-state index is 12.9. The van der Waals surface area contributed by atoms with Gasteiger partial charge in [-0.15, -0.1) is 0 Å². The number of rotatable bonds is 5. The molecule has 0 amide bonds. The molecule has 2 aromatic carbocycles. The summed E-state index contributed by atoms with van der Waals surface area (Å²) in [6.45, 7) is 1.63.